The van der Waals surface area contributed by atoms with E-state index in [0.29, 0.717) is 5.56 Å². The van der Waals surface area contributed by atoms with Crippen molar-refractivity contribution in [1.82, 2.24) is 29.7 Å². The predicted molar refractivity (Wildman–Crippen MR) is 132 cm³/mol. The van der Waals surface area contributed by atoms with Crippen molar-refractivity contribution in [3.8, 4) is 28.3 Å². The van der Waals surface area contributed by atoms with E-state index in [4.69, 9.17) is 0 Å². The molecule has 37 heavy (non-hydrogen) atoms. The van der Waals surface area contributed by atoms with Crippen LogP contribution in [0.15, 0.2) is 49.2 Å². The Morgan fingerprint density at radius 1 is 1.08 bits per heavy atom. The molecule has 0 unspecified atom stereocenters. The number of hydrogen-bond donors (Lipinski definition) is 1. The van der Waals surface area contributed by atoms with Gasteiger partial charge in [-0.3, -0.25) is 9.48 Å². The fourth-order valence-corrected chi connectivity index (χ4v) is 4.10. The normalized spacial score (nSPS) is 13.2. The molecule has 5 heterocycles. The third-order valence-corrected chi connectivity index (χ3v) is 5.90. The molecule has 5 rings (SSSR count). The first-order valence-corrected chi connectivity index (χ1v) is 11.6. The Bertz CT molecular complexity index is 1400. The van der Waals surface area contributed by atoms with Crippen LogP contribution >= 0.6 is 0 Å². The van der Waals surface area contributed by atoms with Crippen molar-refractivity contribution in [3.05, 3.63) is 54.7 Å². The summed E-state index contributed by atoms with van der Waals surface area (Å²) in [7, 11) is 1.89. The smallest absolute Gasteiger partial charge is 0.358 e. The number of amides is 1. The van der Waals surface area contributed by atoms with Crippen LogP contribution in [-0.2, 0) is 11.8 Å². The highest BCUT2D eigenvalue weighted by atomic mass is 19.4. The standard InChI is InChI=1S/C21H19N7.C4H6F3NO/c1-26-13-18(12-24-26)16-8-19(21-17(9-22)11-25-28(21)14-16)15-4-5-20(23-10-15)27-6-2-3-7-27;5-4(6,7)1-2-8-3-9/h4-5,8,10-14H,2-3,6-7H2,1H3;3H,1-2H2,(H,8,9). The van der Waals surface area contributed by atoms with Gasteiger partial charge in [-0.05, 0) is 31.0 Å². The number of carbonyl (C=O) groups excluding carboxylic acids is 1. The number of aromatic nitrogens is 5. The van der Waals surface area contributed by atoms with Crippen molar-refractivity contribution in [3.63, 3.8) is 0 Å². The second-order valence-electron chi connectivity index (χ2n) is 8.54. The number of carbonyl (C=O) groups is 1. The summed E-state index contributed by atoms with van der Waals surface area (Å²) in [5.74, 6) is 1.01. The average Bonchev–Trinajstić information content (AvgIpc) is 3.64. The van der Waals surface area contributed by atoms with Gasteiger partial charge in [-0.1, -0.05) is 0 Å². The van der Waals surface area contributed by atoms with Crippen LogP contribution in [0.5, 0.6) is 0 Å². The van der Waals surface area contributed by atoms with Gasteiger partial charge in [-0.25, -0.2) is 9.50 Å². The molecule has 12 heteroatoms. The minimum absolute atomic E-state index is 0.242. The van der Waals surface area contributed by atoms with E-state index < -0.39 is 12.6 Å². The van der Waals surface area contributed by atoms with E-state index in [1.54, 1.807) is 15.4 Å². The van der Waals surface area contributed by atoms with E-state index in [2.05, 4.69) is 44.3 Å². The van der Waals surface area contributed by atoms with Gasteiger partial charge in [0.05, 0.1) is 29.9 Å². The lowest BCUT2D eigenvalue weighted by Crippen LogP contribution is -2.19. The molecule has 1 amide bonds. The molecule has 1 aliphatic heterocycles. The molecule has 0 radical (unpaired) electrons. The average molecular weight is 511 g/mol. The fourth-order valence-electron chi connectivity index (χ4n) is 4.10. The van der Waals surface area contributed by atoms with Gasteiger partial charge in [-0.2, -0.15) is 28.6 Å². The van der Waals surface area contributed by atoms with Gasteiger partial charge >= 0.3 is 6.18 Å². The van der Waals surface area contributed by atoms with Crippen molar-refractivity contribution in [1.29, 1.82) is 5.26 Å². The molecule has 1 aliphatic rings. The van der Waals surface area contributed by atoms with Crippen molar-refractivity contribution >= 4 is 17.7 Å². The minimum atomic E-state index is -4.17. The Balaban J connectivity index is 0.000000307. The van der Waals surface area contributed by atoms with E-state index in [0.717, 1.165) is 46.7 Å². The lowest BCUT2D eigenvalue weighted by atomic mass is 10.0. The molecule has 4 aromatic rings. The predicted octanol–water partition coefficient (Wildman–Crippen LogP) is 3.95. The maximum atomic E-state index is 11.2. The van der Waals surface area contributed by atoms with Gasteiger partial charge in [0.25, 0.3) is 0 Å². The Kier molecular flexibility index (Phi) is 7.71. The lowest BCUT2D eigenvalue weighted by molar-refractivity contribution is -0.134. The fraction of sp³-hybridized carbons (Fsp3) is 0.320. The minimum Gasteiger partial charge on any atom is -0.358 e. The Hall–Kier alpha value is -4.40. The monoisotopic (exact) mass is 510 g/mol. The quantitative estimate of drug-likeness (QED) is 0.311. The number of anilines is 1. The molecule has 4 aromatic heterocycles. The van der Waals surface area contributed by atoms with E-state index in [1.807, 2.05) is 37.2 Å². The molecule has 0 atom stereocenters. The topological polar surface area (TPSA) is 104 Å². The van der Waals surface area contributed by atoms with Crippen LogP contribution in [0.3, 0.4) is 0 Å². The van der Waals surface area contributed by atoms with Crippen LogP contribution in [-0.4, -0.2) is 56.6 Å². The van der Waals surface area contributed by atoms with Gasteiger partial charge in [0.1, 0.15) is 11.9 Å². The largest absolute Gasteiger partial charge is 0.390 e. The Morgan fingerprint density at radius 2 is 1.86 bits per heavy atom. The number of hydrogen-bond acceptors (Lipinski definition) is 6. The third-order valence-electron chi connectivity index (χ3n) is 5.90. The summed E-state index contributed by atoms with van der Waals surface area (Å²) < 4.78 is 37.2. The summed E-state index contributed by atoms with van der Waals surface area (Å²) in [5.41, 5.74) is 5.25. The number of nitrogens with zero attached hydrogens (tertiary/aromatic N) is 7. The van der Waals surface area contributed by atoms with Gasteiger partial charge in [0, 0.05) is 67.5 Å². The first-order chi connectivity index (χ1) is 17.8. The maximum Gasteiger partial charge on any atom is 0.390 e. The third kappa shape index (κ3) is 6.24. The van der Waals surface area contributed by atoms with E-state index in [-0.39, 0.29) is 13.0 Å². The number of fused-ring (bicyclic) bond motifs is 1. The SMILES string of the molecule is Cn1cc(-c2cc(-c3ccc(N4CCCC4)nc3)c3c(C#N)cnn3c2)cn1.O=CNCCC(F)(F)F. The summed E-state index contributed by atoms with van der Waals surface area (Å²) in [6.07, 6.45) is 6.78. The number of nitriles is 1. The van der Waals surface area contributed by atoms with Gasteiger partial charge in [0.2, 0.25) is 6.41 Å². The van der Waals surface area contributed by atoms with Crippen LogP contribution in [0.1, 0.15) is 24.8 Å². The van der Waals surface area contributed by atoms with Crippen molar-refractivity contribution in [2.75, 3.05) is 24.5 Å². The Labute approximate surface area is 211 Å². The maximum absolute atomic E-state index is 11.2. The van der Waals surface area contributed by atoms with Crippen LogP contribution in [0.2, 0.25) is 0 Å². The first-order valence-electron chi connectivity index (χ1n) is 11.6. The zero-order chi connectivity index (χ0) is 26.4. The molecule has 192 valence electrons. The summed E-state index contributed by atoms with van der Waals surface area (Å²) in [6.45, 7) is 1.79. The van der Waals surface area contributed by atoms with Crippen LogP contribution in [0.25, 0.3) is 27.8 Å². The molecule has 9 nitrogen and oxygen atoms in total. The number of alkyl halides is 3. The second kappa shape index (κ2) is 11.1. The molecule has 1 saturated heterocycles. The summed E-state index contributed by atoms with van der Waals surface area (Å²) >= 11 is 0. The molecular formula is C25H25F3N8O. The zero-order valence-electron chi connectivity index (χ0n) is 20.1. The van der Waals surface area contributed by atoms with Gasteiger partial charge in [-0.15, -0.1) is 0 Å². The first kappa shape index (κ1) is 25.7. The van der Waals surface area contributed by atoms with Crippen molar-refractivity contribution < 1.29 is 18.0 Å². The highest BCUT2D eigenvalue weighted by Crippen LogP contribution is 2.32. The van der Waals surface area contributed by atoms with E-state index in [1.165, 1.54) is 12.8 Å². The highest BCUT2D eigenvalue weighted by Gasteiger charge is 2.25. The second-order valence-corrected chi connectivity index (χ2v) is 8.54. The lowest BCUT2D eigenvalue weighted by Gasteiger charge is -2.16. The highest BCUT2D eigenvalue weighted by molar-refractivity contribution is 5.87. The van der Waals surface area contributed by atoms with E-state index >= 15 is 0 Å². The number of pyridine rings is 2. The molecule has 0 bridgehead atoms. The van der Waals surface area contributed by atoms with Crippen LogP contribution in [0.4, 0.5) is 19.0 Å². The Morgan fingerprint density at radius 3 is 2.46 bits per heavy atom. The summed E-state index contributed by atoms with van der Waals surface area (Å²) in [6, 6.07) is 8.48. The summed E-state index contributed by atoms with van der Waals surface area (Å²) in [5, 5.41) is 20.1. The molecule has 0 saturated carbocycles. The molecule has 1 N–H and O–H groups in total. The molecular weight excluding hydrogens is 485 g/mol. The van der Waals surface area contributed by atoms with Crippen LogP contribution in [0, 0.1) is 11.3 Å². The zero-order valence-corrected chi connectivity index (χ0v) is 20.1. The van der Waals surface area contributed by atoms with Crippen molar-refractivity contribution in [2.24, 2.45) is 7.05 Å². The number of nitrogens with one attached hydrogen (secondary N) is 1. The van der Waals surface area contributed by atoms with E-state index in [9.17, 15) is 23.2 Å². The number of rotatable bonds is 6. The van der Waals surface area contributed by atoms with Gasteiger partial charge in [0.15, 0.2) is 0 Å². The molecule has 0 aliphatic carbocycles. The number of aryl methyl sites for hydroxylation is 1. The molecule has 0 spiro atoms. The summed E-state index contributed by atoms with van der Waals surface area (Å²) in [4.78, 5) is 16.4. The molecule has 1 fully saturated rings. The number of halogens is 3. The van der Waals surface area contributed by atoms with Gasteiger partial charge < -0.3 is 10.2 Å². The van der Waals surface area contributed by atoms with Crippen LogP contribution < -0.4 is 10.2 Å². The molecule has 0 aromatic carbocycles. The van der Waals surface area contributed by atoms with Crippen molar-refractivity contribution in [2.45, 2.75) is 25.4 Å².